The van der Waals surface area contributed by atoms with Crippen molar-refractivity contribution in [2.75, 3.05) is 26.4 Å². The maximum Gasteiger partial charge on any atom is 0.472 e. The van der Waals surface area contributed by atoms with Crippen LogP contribution in [0.25, 0.3) is 0 Å². The van der Waals surface area contributed by atoms with Gasteiger partial charge in [0.2, 0.25) is 0 Å². The zero-order chi connectivity index (χ0) is 71.2. The maximum atomic E-state index is 14.3. The number of hydrogen-bond donors (Lipinski definition) is 11. The summed E-state index contributed by atoms with van der Waals surface area (Å²) in [6, 6.07) is 0. The molecule has 2 heterocycles. The van der Waals surface area contributed by atoms with Crippen LogP contribution in [0.1, 0.15) is 291 Å². The fourth-order valence-corrected chi connectivity index (χ4v) is 13.6. The number of carbonyl (C=O) groups excluding carboxylic acids is 3. The molecule has 0 aromatic carbocycles. The highest BCUT2D eigenvalue weighted by Gasteiger charge is 2.58. The lowest BCUT2D eigenvalue weighted by atomic mass is 9.84. The van der Waals surface area contributed by atoms with Gasteiger partial charge in [-0.2, -0.15) is 0 Å². The Kier molecular flexibility index (Phi) is 49.0. The number of ether oxygens (including phenoxy) is 7. The Morgan fingerprint density at radius 1 is 0.423 bits per heavy atom. The summed E-state index contributed by atoms with van der Waals surface area (Å²) in [6.45, 7) is 5.75. The van der Waals surface area contributed by atoms with Crippen LogP contribution in [-0.2, 0) is 61.2 Å². The molecule has 1 aliphatic carbocycles. The Morgan fingerprint density at radius 2 is 0.784 bits per heavy atom. The zero-order valence-electron chi connectivity index (χ0n) is 59.5. The van der Waals surface area contributed by atoms with E-state index in [2.05, 4.69) is 39.8 Å². The van der Waals surface area contributed by atoms with Gasteiger partial charge in [0.1, 0.15) is 98.7 Å². The van der Waals surface area contributed by atoms with Gasteiger partial charge in [-0.05, 0) is 50.9 Å². The SMILES string of the molecule is CCCCCCCCC/C=C\CCCCCC(=O)OCC1OC(OC2C(O)C(O)C(O)C(OC3OC(CO)C(O)C(O)C3O)C2OP(=O)(O)OCC(COC(=O)CCCCCCCCC(C)CCCCCCCC)OC(=O)CCCCCCCCCCCCCC)C(O)C(O)C1O. The Balaban J connectivity index is 1.74. The monoisotopic (exact) mass is 1410 g/mol. The Morgan fingerprint density at radius 3 is 1.23 bits per heavy atom. The highest BCUT2D eigenvalue weighted by Crippen LogP contribution is 2.49. The van der Waals surface area contributed by atoms with Gasteiger partial charge in [0, 0.05) is 19.3 Å². The van der Waals surface area contributed by atoms with Crippen LogP contribution < -0.4 is 0 Å². The summed E-state index contributed by atoms with van der Waals surface area (Å²) in [5, 5.41) is 110. The lowest BCUT2D eigenvalue weighted by Gasteiger charge is -2.49. The van der Waals surface area contributed by atoms with Gasteiger partial charge >= 0.3 is 25.7 Å². The molecule has 97 heavy (non-hydrogen) atoms. The number of esters is 3. The normalized spacial score (nSPS) is 28.2. The fraction of sp³-hybridized carbons (Fsp3) is 0.931. The van der Waals surface area contributed by atoms with Crippen molar-refractivity contribution < 1.29 is 117 Å². The molecule has 24 nitrogen and oxygen atoms in total. The number of aliphatic hydroxyl groups excluding tert-OH is 10. The van der Waals surface area contributed by atoms with Crippen LogP contribution >= 0.6 is 7.82 Å². The number of hydrogen-bond acceptors (Lipinski definition) is 23. The lowest BCUT2D eigenvalue weighted by molar-refractivity contribution is -0.360. The molecule has 0 bridgehead atoms. The molecule has 0 aromatic rings. The minimum atomic E-state index is -5.69. The molecule has 19 unspecified atom stereocenters. The molecule has 0 aromatic heterocycles. The quantitative estimate of drug-likeness (QED) is 0.00886. The van der Waals surface area contributed by atoms with E-state index in [-0.39, 0.29) is 19.3 Å². The van der Waals surface area contributed by atoms with E-state index in [1.165, 1.54) is 128 Å². The lowest BCUT2D eigenvalue weighted by Crippen LogP contribution is -2.69. The van der Waals surface area contributed by atoms with Crippen molar-refractivity contribution in [3.8, 4) is 0 Å². The Hall–Kier alpha value is -2.30. The summed E-state index contributed by atoms with van der Waals surface area (Å²) >= 11 is 0. The summed E-state index contributed by atoms with van der Waals surface area (Å²) in [5.41, 5.74) is 0. The number of phosphoric acid groups is 1. The van der Waals surface area contributed by atoms with E-state index in [4.69, 9.17) is 42.2 Å². The number of unbranched alkanes of at least 4 members (excludes halogenated alkanes) is 31. The van der Waals surface area contributed by atoms with Crippen LogP contribution in [0.2, 0.25) is 0 Å². The van der Waals surface area contributed by atoms with Crippen LogP contribution in [-0.4, -0.2) is 204 Å². The third-order valence-electron chi connectivity index (χ3n) is 18.9. The number of allylic oxidation sites excluding steroid dienone is 2. The molecule has 11 N–H and O–H groups in total. The van der Waals surface area contributed by atoms with Gasteiger partial charge in [0.15, 0.2) is 18.7 Å². The second-order valence-electron chi connectivity index (χ2n) is 27.6. The maximum absolute atomic E-state index is 14.3. The van der Waals surface area contributed by atoms with Gasteiger partial charge in [-0.1, -0.05) is 239 Å². The average Bonchev–Trinajstić information content (AvgIpc) is 0.764. The summed E-state index contributed by atoms with van der Waals surface area (Å²) in [7, 11) is -5.69. The predicted molar refractivity (Wildman–Crippen MR) is 365 cm³/mol. The second kappa shape index (κ2) is 53.5. The molecule has 0 radical (unpaired) electrons. The third-order valence-corrected chi connectivity index (χ3v) is 19.9. The predicted octanol–water partition coefficient (Wildman–Crippen LogP) is 10.2. The van der Waals surface area contributed by atoms with E-state index in [1.54, 1.807) is 0 Å². The van der Waals surface area contributed by atoms with Crippen LogP contribution in [0.15, 0.2) is 12.2 Å². The first-order valence-electron chi connectivity index (χ1n) is 37.9. The number of phosphoric ester groups is 1. The van der Waals surface area contributed by atoms with Crippen molar-refractivity contribution in [1.29, 1.82) is 0 Å². The topological polar surface area (TPSA) is 374 Å². The zero-order valence-corrected chi connectivity index (χ0v) is 60.4. The van der Waals surface area contributed by atoms with E-state index in [0.717, 1.165) is 96.3 Å². The Bertz CT molecular complexity index is 2080. The summed E-state index contributed by atoms with van der Waals surface area (Å²) in [6.07, 6.45) is 10.1. The summed E-state index contributed by atoms with van der Waals surface area (Å²) < 4.78 is 65.0. The van der Waals surface area contributed by atoms with E-state index in [0.29, 0.717) is 25.2 Å². The minimum absolute atomic E-state index is 0.00919. The van der Waals surface area contributed by atoms with Crippen molar-refractivity contribution in [3.63, 3.8) is 0 Å². The molecule has 570 valence electrons. The number of aliphatic hydroxyl groups is 10. The van der Waals surface area contributed by atoms with Gasteiger partial charge in [-0.15, -0.1) is 0 Å². The summed E-state index contributed by atoms with van der Waals surface area (Å²) in [4.78, 5) is 51.0. The average molecular weight is 1410 g/mol. The van der Waals surface area contributed by atoms with Crippen molar-refractivity contribution in [3.05, 3.63) is 12.2 Å². The van der Waals surface area contributed by atoms with Crippen molar-refractivity contribution in [1.82, 2.24) is 0 Å². The van der Waals surface area contributed by atoms with Gasteiger partial charge in [0.25, 0.3) is 0 Å². The van der Waals surface area contributed by atoms with E-state index in [9.17, 15) is 74.9 Å². The molecule has 2 saturated heterocycles. The standard InChI is InChI=1S/C72H133O24P/c1-5-8-11-14-17-19-21-23-24-26-27-29-35-41-46-57(75)89-51-55-60(78)62(80)67(85)72(93-55)95-69-65(83)63(81)64(82)68(94-71-66(84)61(79)59(77)54(48-73)92-71)70(69)96-97(86,87)90-50-53(91-58(76)47-42-37-30-28-25-22-20-18-15-12-9-6-2)49-88-56(74)45-40-36-32-31-34-39-44-52(4)43-38-33-16-13-10-7-3/h24,26,52-55,59-73,77-85H,5-23,25,27-51H2,1-4H3,(H,86,87)/b26-24-. The third kappa shape index (κ3) is 37.1. The molecule has 0 spiro atoms. The molecule has 3 fully saturated rings. The van der Waals surface area contributed by atoms with E-state index >= 15 is 0 Å². The molecule has 19 atom stereocenters. The largest absolute Gasteiger partial charge is 0.472 e. The second-order valence-corrected chi connectivity index (χ2v) is 29.0. The molecule has 2 aliphatic heterocycles. The summed E-state index contributed by atoms with van der Waals surface area (Å²) in [5.74, 6) is -1.30. The van der Waals surface area contributed by atoms with Crippen LogP contribution in [0.5, 0.6) is 0 Å². The molecule has 0 amide bonds. The van der Waals surface area contributed by atoms with Gasteiger partial charge < -0.3 is 89.1 Å². The van der Waals surface area contributed by atoms with Crippen LogP contribution in [0.3, 0.4) is 0 Å². The first-order chi connectivity index (χ1) is 46.7. The fourth-order valence-electron chi connectivity index (χ4n) is 12.6. The number of carbonyl (C=O) groups is 3. The molecule has 3 rings (SSSR count). The van der Waals surface area contributed by atoms with Crippen LogP contribution in [0.4, 0.5) is 0 Å². The Labute approximate surface area is 580 Å². The first kappa shape index (κ1) is 88.9. The van der Waals surface area contributed by atoms with Crippen molar-refractivity contribution >= 4 is 25.7 Å². The minimum Gasteiger partial charge on any atom is -0.463 e. The number of rotatable bonds is 58. The highest BCUT2D eigenvalue weighted by molar-refractivity contribution is 7.47. The smallest absolute Gasteiger partial charge is 0.463 e. The van der Waals surface area contributed by atoms with Crippen LogP contribution in [0, 0.1) is 5.92 Å². The molecular weight excluding hydrogens is 1280 g/mol. The first-order valence-corrected chi connectivity index (χ1v) is 39.4. The molecule has 1 saturated carbocycles. The molecule has 3 aliphatic rings. The van der Waals surface area contributed by atoms with Crippen molar-refractivity contribution in [2.24, 2.45) is 5.92 Å². The van der Waals surface area contributed by atoms with Gasteiger partial charge in [-0.3, -0.25) is 23.4 Å². The van der Waals surface area contributed by atoms with Crippen molar-refractivity contribution in [2.45, 2.75) is 395 Å². The van der Waals surface area contributed by atoms with E-state index in [1.807, 2.05) is 0 Å². The van der Waals surface area contributed by atoms with Gasteiger partial charge in [0.05, 0.1) is 13.2 Å². The van der Waals surface area contributed by atoms with Gasteiger partial charge in [-0.25, -0.2) is 4.57 Å². The molecular formula is C72H133O24P. The highest BCUT2D eigenvalue weighted by atomic mass is 31.2. The molecule has 25 heteroatoms. The van der Waals surface area contributed by atoms with E-state index < -0.39 is 156 Å².